The third-order valence-electron chi connectivity index (χ3n) is 4.99. The molecule has 0 spiro atoms. The lowest BCUT2D eigenvalue weighted by molar-refractivity contribution is -0.137. The zero-order chi connectivity index (χ0) is 23.2. The van der Waals surface area contributed by atoms with Gasteiger partial charge in [0.1, 0.15) is 16.7 Å². The number of aromatic amines is 1. The van der Waals surface area contributed by atoms with E-state index in [9.17, 15) is 9.59 Å². The first-order chi connectivity index (χ1) is 16.1. The number of nitrogens with one attached hydrogen (secondary N) is 2. The Hall–Kier alpha value is -3.30. The Morgan fingerprint density at radius 3 is 3.03 bits per heavy atom. The number of aromatic nitrogens is 2. The number of nitriles is 1. The van der Waals surface area contributed by atoms with Crippen LogP contribution >= 0.6 is 11.3 Å². The van der Waals surface area contributed by atoms with E-state index in [2.05, 4.69) is 15.3 Å². The van der Waals surface area contributed by atoms with E-state index in [0.717, 1.165) is 5.56 Å². The molecule has 3 heterocycles. The molecule has 10 nitrogen and oxygen atoms in total. The molecule has 1 amide bonds. The summed E-state index contributed by atoms with van der Waals surface area (Å²) < 4.78 is 21.7. The molecule has 1 fully saturated rings. The molecule has 2 aromatic heterocycles. The minimum atomic E-state index is -0.548. The summed E-state index contributed by atoms with van der Waals surface area (Å²) in [6.45, 7) is 1.21. The summed E-state index contributed by atoms with van der Waals surface area (Å²) in [5.74, 6) is 0.162. The lowest BCUT2D eigenvalue weighted by Gasteiger charge is -2.25. The number of carbonyl (C=O) groups excluding carboxylic acids is 1. The minimum absolute atomic E-state index is 0.0514. The Bertz CT molecular complexity index is 1230. The van der Waals surface area contributed by atoms with E-state index < -0.39 is 17.6 Å². The highest BCUT2D eigenvalue weighted by molar-refractivity contribution is 7.16. The largest absolute Gasteiger partial charge is 0.497 e. The number of nitrogens with zero attached hydrogens (tertiary/aromatic N) is 2. The molecule has 0 saturated carbocycles. The van der Waals surface area contributed by atoms with Crippen molar-refractivity contribution < 1.29 is 23.7 Å². The highest BCUT2D eigenvalue weighted by atomic mass is 32.1. The number of benzene rings is 1. The number of fused-ring (bicyclic) bond motifs is 1. The lowest BCUT2D eigenvalue weighted by atomic mass is 10.2. The molecule has 1 aliphatic rings. The second kappa shape index (κ2) is 10.5. The van der Waals surface area contributed by atoms with Crippen LogP contribution in [-0.2, 0) is 27.4 Å². The van der Waals surface area contributed by atoms with Crippen molar-refractivity contribution in [2.75, 3.05) is 26.9 Å². The van der Waals surface area contributed by atoms with E-state index >= 15 is 0 Å². The average Bonchev–Trinajstić information content (AvgIpc) is 3.26. The number of H-pyrrole nitrogens is 1. The van der Waals surface area contributed by atoms with Crippen molar-refractivity contribution in [3.05, 3.63) is 57.0 Å². The normalized spacial score (nSPS) is 18.1. The van der Waals surface area contributed by atoms with Crippen molar-refractivity contribution in [3.63, 3.8) is 0 Å². The van der Waals surface area contributed by atoms with E-state index in [1.807, 2.05) is 30.3 Å². The number of amides is 1. The predicted octanol–water partition coefficient (Wildman–Crippen LogP) is 1.75. The van der Waals surface area contributed by atoms with Gasteiger partial charge in [-0.2, -0.15) is 5.26 Å². The fourth-order valence-electron chi connectivity index (χ4n) is 3.28. The second-order valence-corrected chi connectivity index (χ2v) is 8.17. The first kappa shape index (κ1) is 22.9. The van der Waals surface area contributed by atoms with Gasteiger partial charge in [-0.3, -0.25) is 9.59 Å². The maximum Gasteiger partial charge on any atom is 0.287 e. The summed E-state index contributed by atoms with van der Waals surface area (Å²) >= 11 is 1.27. The zero-order valence-corrected chi connectivity index (χ0v) is 18.6. The van der Waals surface area contributed by atoms with Crippen molar-refractivity contribution in [3.8, 4) is 11.8 Å². The van der Waals surface area contributed by atoms with Crippen LogP contribution in [0.2, 0.25) is 0 Å². The van der Waals surface area contributed by atoms with Gasteiger partial charge in [0.15, 0.2) is 6.10 Å². The van der Waals surface area contributed by atoms with Gasteiger partial charge in [-0.05, 0) is 23.1 Å². The standard InChI is InChI=1S/C22H22N4O6S/c1-29-15-4-2-3-13(5-15)7-24-21(28)19-25-20(27)18-14(12-33-22(18)26-19)8-30-9-17-11-31-16(6-23)10-32-17/h2-5,12,16-17H,7-11H2,1H3,(H,24,28)(H,25,26,27). The van der Waals surface area contributed by atoms with E-state index in [1.165, 1.54) is 11.3 Å². The molecule has 1 aromatic carbocycles. The molecular weight excluding hydrogens is 448 g/mol. The van der Waals surface area contributed by atoms with Gasteiger partial charge in [0.05, 0.1) is 45.0 Å². The number of hydrogen-bond donors (Lipinski definition) is 2. The van der Waals surface area contributed by atoms with Crippen molar-refractivity contribution in [2.24, 2.45) is 0 Å². The third-order valence-corrected chi connectivity index (χ3v) is 5.92. The van der Waals surface area contributed by atoms with Gasteiger partial charge in [-0.25, -0.2) is 4.98 Å². The van der Waals surface area contributed by atoms with Crippen molar-refractivity contribution in [1.29, 1.82) is 5.26 Å². The lowest BCUT2D eigenvalue weighted by Crippen LogP contribution is -2.37. The maximum atomic E-state index is 12.7. The van der Waals surface area contributed by atoms with E-state index in [-0.39, 0.29) is 44.9 Å². The van der Waals surface area contributed by atoms with Gasteiger partial charge >= 0.3 is 0 Å². The Kier molecular flexibility index (Phi) is 7.31. The van der Waals surface area contributed by atoms with Crippen LogP contribution in [-0.4, -0.2) is 55.0 Å². The molecule has 1 saturated heterocycles. The highest BCUT2D eigenvalue weighted by Gasteiger charge is 2.22. The molecule has 3 aromatic rings. The predicted molar refractivity (Wildman–Crippen MR) is 119 cm³/mol. The summed E-state index contributed by atoms with van der Waals surface area (Å²) in [6, 6.07) is 9.32. The average molecular weight is 471 g/mol. The molecular formula is C22H22N4O6S. The molecule has 11 heteroatoms. The molecule has 0 aliphatic carbocycles. The van der Waals surface area contributed by atoms with Crippen molar-refractivity contribution in [2.45, 2.75) is 25.4 Å². The Morgan fingerprint density at radius 1 is 1.39 bits per heavy atom. The minimum Gasteiger partial charge on any atom is -0.497 e. The number of thiophene rings is 1. The summed E-state index contributed by atoms with van der Waals surface area (Å²) in [5.41, 5.74) is 1.14. The summed E-state index contributed by atoms with van der Waals surface area (Å²) in [6.07, 6.45) is -0.815. The van der Waals surface area contributed by atoms with Crippen molar-refractivity contribution in [1.82, 2.24) is 15.3 Å². The van der Waals surface area contributed by atoms with Crippen LogP contribution in [0.1, 0.15) is 21.7 Å². The van der Waals surface area contributed by atoms with Gasteiger partial charge < -0.3 is 29.2 Å². The molecule has 2 N–H and O–H groups in total. The highest BCUT2D eigenvalue weighted by Crippen LogP contribution is 2.22. The first-order valence-electron chi connectivity index (χ1n) is 10.2. The molecule has 172 valence electrons. The van der Waals surface area contributed by atoms with E-state index in [4.69, 9.17) is 24.2 Å². The molecule has 1 aliphatic heterocycles. The number of rotatable bonds is 8. The first-order valence-corrected chi connectivity index (χ1v) is 11.1. The third kappa shape index (κ3) is 5.55. The number of carbonyl (C=O) groups is 1. The molecule has 2 atom stereocenters. The maximum absolute atomic E-state index is 12.7. The van der Waals surface area contributed by atoms with Gasteiger partial charge in [-0.15, -0.1) is 11.3 Å². The Labute approximate surface area is 193 Å². The second-order valence-electron chi connectivity index (χ2n) is 7.31. The number of ether oxygens (including phenoxy) is 4. The molecule has 0 radical (unpaired) electrons. The summed E-state index contributed by atoms with van der Waals surface area (Å²) in [5, 5.41) is 13.7. The monoisotopic (exact) mass is 470 g/mol. The van der Waals surface area contributed by atoms with Gasteiger partial charge in [-0.1, -0.05) is 12.1 Å². The molecule has 4 rings (SSSR count). The number of hydrogen-bond acceptors (Lipinski definition) is 9. The smallest absolute Gasteiger partial charge is 0.287 e. The van der Waals surface area contributed by atoms with E-state index in [0.29, 0.717) is 21.5 Å². The van der Waals surface area contributed by atoms with Crippen LogP contribution < -0.4 is 15.6 Å². The SMILES string of the molecule is COc1cccc(CNC(=O)c2nc3scc(COCC4COC(C#N)CO4)c3c(=O)[nH]2)c1. The topological polar surface area (TPSA) is 136 Å². The zero-order valence-electron chi connectivity index (χ0n) is 17.8. The van der Waals surface area contributed by atoms with Crippen LogP contribution in [0.4, 0.5) is 0 Å². The fraction of sp³-hybridized carbons (Fsp3) is 0.364. The van der Waals surface area contributed by atoms with Gasteiger partial charge in [0, 0.05) is 12.1 Å². The Balaban J connectivity index is 1.36. The molecule has 33 heavy (non-hydrogen) atoms. The van der Waals surface area contributed by atoms with Crippen LogP contribution in [0.15, 0.2) is 34.4 Å². The Morgan fingerprint density at radius 2 is 2.27 bits per heavy atom. The van der Waals surface area contributed by atoms with E-state index in [1.54, 1.807) is 12.5 Å². The molecule has 2 unspecified atom stereocenters. The quantitative estimate of drug-likeness (QED) is 0.508. The molecule has 0 bridgehead atoms. The summed E-state index contributed by atoms with van der Waals surface area (Å²) in [4.78, 5) is 32.5. The van der Waals surface area contributed by atoms with Crippen LogP contribution in [0.3, 0.4) is 0 Å². The van der Waals surface area contributed by atoms with Crippen LogP contribution in [0, 0.1) is 11.3 Å². The van der Waals surface area contributed by atoms with Crippen LogP contribution in [0.5, 0.6) is 5.75 Å². The van der Waals surface area contributed by atoms with Crippen molar-refractivity contribution >= 4 is 27.5 Å². The fourth-order valence-corrected chi connectivity index (χ4v) is 4.21. The van der Waals surface area contributed by atoms with Gasteiger partial charge in [0.25, 0.3) is 11.5 Å². The summed E-state index contributed by atoms with van der Waals surface area (Å²) in [7, 11) is 1.57. The van der Waals surface area contributed by atoms with Crippen LogP contribution in [0.25, 0.3) is 10.2 Å². The van der Waals surface area contributed by atoms with Gasteiger partial charge in [0.2, 0.25) is 5.82 Å². The number of methoxy groups -OCH3 is 1.